The van der Waals surface area contributed by atoms with Crippen LogP contribution in [0.25, 0.3) is 0 Å². The third-order valence-corrected chi connectivity index (χ3v) is 6.73. The summed E-state index contributed by atoms with van der Waals surface area (Å²) in [6.07, 6.45) is 8.78. The molecule has 1 aromatic carbocycles. The third-order valence-electron chi connectivity index (χ3n) is 6.73. The number of aliphatic imine (C=N–C) groups is 1. The van der Waals surface area contributed by atoms with Gasteiger partial charge in [0.1, 0.15) is 5.75 Å². The van der Waals surface area contributed by atoms with Crippen molar-refractivity contribution >= 4 is 17.6 Å². The molecule has 1 saturated heterocycles. The Bertz CT molecular complexity index is 770. The van der Waals surface area contributed by atoms with E-state index in [1.165, 1.54) is 25.7 Å². The van der Waals surface area contributed by atoms with Crippen LogP contribution in [-0.4, -0.2) is 68.8 Å². The Morgan fingerprint density at radius 3 is 2.75 bits per heavy atom. The molecule has 2 heterocycles. The van der Waals surface area contributed by atoms with Gasteiger partial charge in [0.25, 0.3) is 5.91 Å². The van der Waals surface area contributed by atoms with Crippen LogP contribution in [0.4, 0.5) is 5.69 Å². The Morgan fingerprint density at radius 1 is 1.19 bits per heavy atom. The highest BCUT2D eigenvalue weighted by Crippen LogP contribution is 2.31. The molecular formula is C25H38N4O3. The van der Waals surface area contributed by atoms with Crippen LogP contribution in [0.2, 0.25) is 0 Å². The van der Waals surface area contributed by atoms with Gasteiger partial charge in [-0.3, -0.25) is 9.79 Å². The first-order valence-electron chi connectivity index (χ1n) is 12.4. The zero-order chi connectivity index (χ0) is 22.2. The summed E-state index contributed by atoms with van der Waals surface area (Å²) < 4.78 is 11.8. The van der Waals surface area contributed by atoms with Gasteiger partial charge in [-0.05, 0) is 57.1 Å². The van der Waals surface area contributed by atoms with Gasteiger partial charge in [0.15, 0.2) is 12.6 Å². The molecule has 0 atom stereocenters. The largest absolute Gasteiger partial charge is 0.482 e. The Morgan fingerprint density at radius 2 is 1.97 bits per heavy atom. The molecule has 32 heavy (non-hydrogen) atoms. The van der Waals surface area contributed by atoms with Crippen LogP contribution in [0.5, 0.6) is 5.75 Å². The van der Waals surface area contributed by atoms with E-state index in [1.807, 2.05) is 29.2 Å². The summed E-state index contributed by atoms with van der Waals surface area (Å²) >= 11 is 0. The van der Waals surface area contributed by atoms with Crippen LogP contribution in [0.1, 0.15) is 51.9 Å². The van der Waals surface area contributed by atoms with E-state index in [0.29, 0.717) is 19.2 Å². The molecule has 2 fully saturated rings. The smallest absolute Gasteiger partial charge is 0.265 e. The predicted octanol–water partition coefficient (Wildman–Crippen LogP) is 3.44. The average Bonchev–Trinajstić information content (AvgIpc) is 3.35. The van der Waals surface area contributed by atoms with Gasteiger partial charge in [0.05, 0.1) is 11.8 Å². The van der Waals surface area contributed by atoms with Gasteiger partial charge in [-0.15, -0.1) is 0 Å². The number of likely N-dealkylation sites (tertiary alicyclic amines) is 1. The number of carbonyl (C=O) groups excluding carboxylic acids is 1. The fourth-order valence-electron chi connectivity index (χ4n) is 4.92. The van der Waals surface area contributed by atoms with Crippen molar-refractivity contribution in [2.45, 2.75) is 58.0 Å². The summed E-state index contributed by atoms with van der Waals surface area (Å²) in [5.41, 5.74) is 0.860. The zero-order valence-electron chi connectivity index (χ0n) is 19.4. The van der Waals surface area contributed by atoms with Crippen molar-refractivity contribution in [3.05, 3.63) is 24.3 Å². The monoisotopic (exact) mass is 442 g/mol. The van der Waals surface area contributed by atoms with E-state index in [2.05, 4.69) is 17.1 Å². The third kappa shape index (κ3) is 5.94. The van der Waals surface area contributed by atoms with Crippen LogP contribution < -0.4 is 15.0 Å². The molecule has 0 aromatic heterocycles. The molecule has 0 spiro atoms. The number of rotatable bonds is 8. The number of guanidine groups is 1. The second-order valence-electron chi connectivity index (χ2n) is 9.06. The maximum Gasteiger partial charge on any atom is 0.265 e. The molecule has 7 nitrogen and oxygen atoms in total. The second-order valence-corrected chi connectivity index (χ2v) is 9.06. The van der Waals surface area contributed by atoms with Crippen LogP contribution >= 0.6 is 0 Å². The number of benzene rings is 1. The molecule has 1 amide bonds. The number of nitrogens with zero attached hydrogens (tertiary/aromatic N) is 3. The molecule has 4 rings (SSSR count). The number of amides is 1. The molecule has 0 radical (unpaired) electrons. The lowest BCUT2D eigenvalue weighted by Gasteiger charge is -2.34. The fourth-order valence-corrected chi connectivity index (χ4v) is 4.92. The van der Waals surface area contributed by atoms with E-state index >= 15 is 0 Å². The van der Waals surface area contributed by atoms with Crippen LogP contribution in [-0.2, 0) is 9.53 Å². The van der Waals surface area contributed by atoms with E-state index in [9.17, 15) is 4.79 Å². The Kier molecular flexibility index (Phi) is 8.26. The van der Waals surface area contributed by atoms with Gasteiger partial charge in [0.2, 0.25) is 0 Å². The quantitative estimate of drug-likeness (QED) is 0.380. The van der Waals surface area contributed by atoms with Crippen molar-refractivity contribution in [3.8, 4) is 5.75 Å². The molecule has 176 valence electrons. The molecule has 1 aromatic rings. The van der Waals surface area contributed by atoms with E-state index < -0.39 is 0 Å². The maximum absolute atomic E-state index is 12.3. The van der Waals surface area contributed by atoms with Crippen LogP contribution in [0.3, 0.4) is 0 Å². The van der Waals surface area contributed by atoms with Crippen molar-refractivity contribution in [2.75, 3.05) is 50.8 Å². The number of ether oxygens (including phenoxy) is 2. The lowest BCUT2D eigenvalue weighted by molar-refractivity contribution is -0.121. The van der Waals surface area contributed by atoms with Gasteiger partial charge in [-0.2, -0.15) is 0 Å². The summed E-state index contributed by atoms with van der Waals surface area (Å²) in [4.78, 5) is 21.4. The first kappa shape index (κ1) is 22.9. The number of anilines is 1. The first-order valence-corrected chi connectivity index (χ1v) is 12.4. The van der Waals surface area contributed by atoms with Gasteiger partial charge < -0.3 is 24.6 Å². The van der Waals surface area contributed by atoms with Crippen molar-refractivity contribution in [1.82, 2.24) is 10.2 Å². The highest BCUT2D eigenvalue weighted by atomic mass is 16.5. The lowest BCUT2D eigenvalue weighted by Crippen LogP contribution is -2.47. The molecule has 3 aliphatic rings. The highest BCUT2D eigenvalue weighted by Gasteiger charge is 2.25. The fraction of sp³-hybridized carbons (Fsp3) is 0.680. The molecule has 1 aliphatic carbocycles. The average molecular weight is 443 g/mol. The van der Waals surface area contributed by atoms with Crippen LogP contribution in [0, 0.1) is 5.92 Å². The lowest BCUT2D eigenvalue weighted by atomic mass is 10.1. The SMILES string of the molecule is CCNC(=NCCCN1C(=O)COc2ccccc21)N1CCC(OCC2CCCC2)CC1. The predicted molar refractivity (Wildman–Crippen MR) is 127 cm³/mol. The van der Waals surface area contributed by atoms with E-state index in [1.54, 1.807) is 0 Å². The molecule has 0 bridgehead atoms. The van der Waals surface area contributed by atoms with Gasteiger partial charge in [-0.1, -0.05) is 25.0 Å². The Hall–Kier alpha value is -2.28. The minimum absolute atomic E-state index is 0.0132. The summed E-state index contributed by atoms with van der Waals surface area (Å²) in [5, 5.41) is 3.44. The summed E-state index contributed by atoms with van der Waals surface area (Å²) in [5.74, 6) is 2.56. The Balaban J connectivity index is 1.23. The van der Waals surface area contributed by atoms with Gasteiger partial charge in [0, 0.05) is 39.3 Å². The maximum atomic E-state index is 12.3. The highest BCUT2D eigenvalue weighted by molar-refractivity contribution is 5.97. The molecule has 2 aliphatic heterocycles. The van der Waals surface area contributed by atoms with E-state index in [4.69, 9.17) is 14.5 Å². The molecule has 1 saturated carbocycles. The second kappa shape index (κ2) is 11.5. The molecule has 7 heteroatoms. The number of carbonyl (C=O) groups is 1. The van der Waals surface area contributed by atoms with Gasteiger partial charge in [-0.25, -0.2) is 0 Å². The number of hydrogen-bond acceptors (Lipinski definition) is 4. The number of hydrogen-bond donors (Lipinski definition) is 1. The number of fused-ring (bicyclic) bond motifs is 1. The minimum Gasteiger partial charge on any atom is -0.482 e. The van der Waals surface area contributed by atoms with Crippen molar-refractivity contribution < 1.29 is 14.3 Å². The summed E-state index contributed by atoms with van der Waals surface area (Å²) in [7, 11) is 0. The Labute approximate surface area is 192 Å². The number of piperidine rings is 1. The summed E-state index contributed by atoms with van der Waals surface area (Å²) in [6.45, 7) is 7.32. The van der Waals surface area contributed by atoms with Crippen LogP contribution in [0.15, 0.2) is 29.3 Å². The minimum atomic E-state index is 0.0132. The van der Waals surface area contributed by atoms with Gasteiger partial charge >= 0.3 is 0 Å². The zero-order valence-corrected chi connectivity index (χ0v) is 19.4. The van der Waals surface area contributed by atoms with E-state index in [-0.39, 0.29) is 12.5 Å². The number of nitrogens with one attached hydrogen (secondary N) is 1. The normalized spacial score (nSPS) is 20.4. The number of para-hydroxylation sites is 2. The topological polar surface area (TPSA) is 66.4 Å². The van der Waals surface area contributed by atoms with Crippen molar-refractivity contribution in [2.24, 2.45) is 10.9 Å². The van der Waals surface area contributed by atoms with Crippen molar-refractivity contribution in [3.63, 3.8) is 0 Å². The van der Waals surface area contributed by atoms with Crippen molar-refractivity contribution in [1.29, 1.82) is 0 Å². The molecule has 1 N–H and O–H groups in total. The van der Waals surface area contributed by atoms with E-state index in [0.717, 1.165) is 68.8 Å². The molecular weight excluding hydrogens is 404 g/mol. The molecule has 0 unspecified atom stereocenters. The standard InChI is InChI=1S/C25H38N4O3/c1-2-26-25(28-16-12-21(13-17-28)31-18-20-8-3-4-9-20)27-14-7-15-29-22-10-5-6-11-23(22)32-19-24(29)30/h5-6,10-11,20-21H,2-4,7-9,12-19H2,1H3,(H,26,27). The first-order chi connectivity index (χ1) is 15.7. The summed E-state index contributed by atoms with van der Waals surface area (Å²) in [6, 6.07) is 7.73.